The number of benzene rings is 2. The zero-order chi connectivity index (χ0) is 28.1. The molecule has 0 saturated heterocycles. The Kier molecular flexibility index (Phi) is 8.17. The van der Waals surface area contributed by atoms with E-state index in [0.717, 1.165) is 53.5 Å². The monoisotopic (exact) mass is 590 g/mol. The van der Waals surface area contributed by atoms with Crippen LogP contribution in [0.4, 0.5) is 0 Å². The van der Waals surface area contributed by atoms with Crippen LogP contribution in [0.1, 0.15) is 97.6 Å². The Morgan fingerprint density at radius 2 is 1.31 bits per heavy atom. The number of hydrogen-bond acceptors (Lipinski definition) is 4. The minimum atomic E-state index is -4.43. The Morgan fingerprint density at radius 1 is 0.744 bits per heavy atom. The Hall–Kier alpha value is -1.57. The summed E-state index contributed by atoms with van der Waals surface area (Å²) in [5, 5.41) is 1.20. The quantitative estimate of drug-likeness (QED) is 0.264. The molecule has 3 aliphatic rings. The molecular formula is C30H39O6PS2. The van der Waals surface area contributed by atoms with Gasteiger partial charge in [-0.3, -0.25) is 9.11 Å². The van der Waals surface area contributed by atoms with Gasteiger partial charge in [-0.25, -0.2) is 0 Å². The van der Waals surface area contributed by atoms with Crippen molar-refractivity contribution in [2.75, 3.05) is 0 Å². The fourth-order valence-electron chi connectivity index (χ4n) is 7.44. The summed E-state index contributed by atoms with van der Waals surface area (Å²) < 4.78 is 69.5. The van der Waals surface area contributed by atoms with Gasteiger partial charge in [0.25, 0.3) is 20.2 Å². The van der Waals surface area contributed by atoms with Crippen molar-refractivity contribution in [3.63, 3.8) is 0 Å². The standard InChI is InChI=1S/C30H39O6PS2/c1-19-16-20(2)30(39(34,35)36)21(3)28(19)27-17-22-14-15-25(38(31,32)33)18-26(22)29(27)37(23-10-6-4-7-11-23)24-12-8-5-9-13-24/h14-16,18,23-24H,4-13,17H2,1-3H3,(H,31,32,33)(H,34,35,36). The maximum Gasteiger partial charge on any atom is 0.295 e. The highest BCUT2D eigenvalue weighted by molar-refractivity contribution is 7.86. The van der Waals surface area contributed by atoms with Crippen LogP contribution in [0.3, 0.4) is 0 Å². The van der Waals surface area contributed by atoms with Gasteiger partial charge in [0.15, 0.2) is 0 Å². The lowest BCUT2D eigenvalue weighted by atomic mass is 9.92. The molecule has 3 aliphatic carbocycles. The maximum atomic E-state index is 12.5. The van der Waals surface area contributed by atoms with Gasteiger partial charge in [-0.1, -0.05) is 58.6 Å². The molecule has 2 N–H and O–H groups in total. The van der Waals surface area contributed by atoms with Crippen LogP contribution in [0, 0.1) is 20.8 Å². The van der Waals surface area contributed by atoms with E-state index in [4.69, 9.17) is 0 Å². The summed E-state index contributed by atoms with van der Waals surface area (Å²) in [6.07, 6.45) is 12.5. The average Bonchev–Trinajstić information content (AvgIpc) is 3.22. The molecule has 0 unspecified atom stereocenters. The second kappa shape index (κ2) is 11.0. The minimum absolute atomic E-state index is 0.0378. The van der Waals surface area contributed by atoms with Crippen molar-refractivity contribution in [2.45, 2.75) is 113 Å². The van der Waals surface area contributed by atoms with Gasteiger partial charge < -0.3 is 0 Å². The van der Waals surface area contributed by atoms with E-state index in [-0.39, 0.29) is 9.79 Å². The van der Waals surface area contributed by atoms with Crippen LogP contribution in [-0.2, 0) is 26.7 Å². The highest BCUT2D eigenvalue weighted by Crippen LogP contribution is 2.68. The first-order chi connectivity index (χ1) is 18.4. The summed E-state index contributed by atoms with van der Waals surface area (Å²) in [6.45, 7) is 5.48. The van der Waals surface area contributed by atoms with Crippen LogP contribution in [0.25, 0.3) is 10.9 Å². The van der Waals surface area contributed by atoms with Crippen LogP contribution in [0.15, 0.2) is 34.1 Å². The third-order valence-electron chi connectivity index (χ3n) is 8.94. The number of fused-ring (bicyclic) bond motifs is 1. The van der Waals surface area contributed by atoms with E-state index < -0.39 is 28.2 Å². The van der Waals surface area contributed by atoms with E-state index in [0.29, 0.717) is 28.9 Å². The largest absolute Gasteiger partial charge is 0.295 e. The lowest BCUT2D eigenvalue weighted by Crippen LogP contribution is -2.21. The first-order valence-corrected chi connectivity index (χ1v) is 18.4. The van der Waals surface area contributed by atoms with Crippen molar-refractivity contribution in [1.82, 2.24) is 0 Å². The molecule has 2 aromatic carbocycles. The first kappa shape index (κ1) is 28.9. The van der Waals surface area contributed by atoms with E-state index in [9.17, 15) is 25.9 Å². The van der Waals surface area contributed by atoms with Crippen LogP contribution in [0.2, 0.25) is 0 Å². The average molecular weight is 591 g/mol. The zero-order valence-electron chi connectivity index (χ0n) is 23.0. The molecule has 2 aromatic rings. The van der Waals surface area contributed by atoms with Crippen molar-refractivity contribution < 1.29 is 25.9 Å². The molecule has 0 aromatic heterocycles. The van der Waals surface area contributed by atoms with Crippen LogP contribution < -0.4 is 0 Å². The second-order valence-electron chi connectivity index (χ2n) is 11.6. The molecule has 5 rings (SSSR count). The maximum absolute atomic E-state index is 12.5. The van der Waals surface area contributed by atoms with Crippen molar-refractivity contribution in [1.29, 1.82) is 0 Å². The van der Waals surface area contributed by atoms with Crippen LogP contribution in [0.5, 0.6) is 0 Å². The topological polar surface area (TPSA) is 109 Å². The van der Waals surface area contributed by atoms with E-state index in [1.54, 1.807) is 19.9 Å². The highest BCUT2D eigenvalue weighted by Gasteiger charge is 2.40. The van der Waals surface area contributed by atoms with Crippen molar-refractivity contribution in [2.24, 2.45) is 0 Å². The van der Waals surface area contributed by atoms with Gasteiger partial charge >= 0.3 is 0 Å². The fraction of sp³-hybridized carbons (Fsp3) is 0.533. The van der Waals surface area contributed by atoms with E-state index in [1.807, 2.05) is 19.1 Å². The smallest absolute Gasteiger partial charge is 0.282 e. The number of rotatable bonds is 6. The zero-order valence-corrected chi connectivity index (χ0v) is 25.6. The second-order valence-corrected chi connectivity index (χ2v) is 17.1. The summed E-state index contributed by atoms with van der Waals surface area (Å²) in [6, 6.07) is 6.77. The van der Waals surface area contributed by atoms with Gasteiger partial charge in [-0.2, -0.15) is 16.8 Å². The van der Waals surface area contributed by atoms with Gasteiger partial charge in [-0.15, -0.1) is 0 Å². The minimum Gasteiger partial charge on any atom is -0.282 e. The molecule has 6 nitrogen and oxygen atoms in total. The van der Waals surface area contributed by atoms with Crippen molar-refractivity contribution >= 4 is 39.0 Å². The third-order valence-corrected chi connectivity index (χ3v) is 14.6. The van der Waals surface area contributed by atoms with Gasteiger partial charge in [0.2, 0.25) is 0 Å². The molecule has 212 valence electrons. The first-order valence-electron chi connectivity index (χ1n) is 14.1. The SMILES string of the molecule is Cc1cc(C)c(S(=O)(=O)O)c(C)c1C1=C(P(C2CCCCC2)C2CCCCC2)c2cc(S(=O)(=O)O)ccc2C1. The summed E-state index contributed by atoms with van der Waals surface area (Å²) >= 11 is 0. The molecule has 0 amide bonds. The lowest BCUT2D eigenvalue weighted by molar-refractivity contribution is 0.480. The highest BCUT2D eigenvalue weighted by atomic mass is 32.2. The van der Waals surface area contributed by atoms with Crippen LogP contribution in [-0.4, -0.2) is 37.3 Å². The van der Waals surface area contributed by atoms with Gasteiger partial charge in [0.1, 0.15) is 4.90 Å². The van der Waals surface area contributed by atoms with Gasteiger partial charge in [-0.05, 0) is 121 Å². The predicted octanol–water partition coefficient (Wildman–Crippen LogP) is 7.68. The molecule has 0 atom stereocenters. The van der Waals surface area contributed by atoms with Crippen LogP contribution >= 0.6 is 7.92 Å². The normalized spacial score (nSPS) is 19.6. The molecule has 2 fully saturated rings. The predicted molar refractivity (Wildman–Crippen MR) is 158 cm³/mol. The molecule has 0 spiro atoms. The number of aryl methyl sites for hydroxylation is 2. The molecule has 0 heterocycles. The van der Waals surface area contributed by atoms with Crippen molar-refractivity contribution in [3.8, 4) is 0 Å². The Labute approximate surface area is 234 Å². The Morgan fingerprint density at radius 3 is 1.82 bits per heavy atom. The summed E-state index contributed by atoms with van der Waals surface area (Å²) in [4.78, 5) is -0.137. The molecule has 2 saturated carbocycles. The molecule has 0 bridgehead atoms. The Bertz CT molecular complexity index is 1510. The summed E-state index contributed by atoms with van der Waals surface area (Å²) in [5.74, 6) is 0. The molecule has 0 aliphatic heterocycles. The molecule has 9 heteroatoms. The summed E-state index contributed by atoms with van der Waals surface area (Å²) in [5.41, 5.74) is 6.93. The number of allylic oxidation sites excluding steroid dienone is 1. The van der Waals surface area contributed by atoms with E-state index >= 15 is 0 Å². The molecular weight excluding hydrogens is 551 g/mol. The fourth-order valence-corrected chi connectivity index (χ4v) is 13.1. The van der Waals surface area contributed by atoms with Gasteiger partial charge in [0.05, 0.1) is 4.90 Å². The Balaban J connectivity index is 1.83. The van der Waals surface area contributed by atoms with Crippen molar-refractivity contribution in [3.05, 3.63) is 57.6 Å². The van der Waals surface area contributed by atoms with E-state index in [1.165, 1.54) is 49.9 Å². The number of hydrogen-bond donors (Lipinski definition) is 2. The summed E-state index contributed by atoms with van der Waals surface area (Å²) in [7, 11) is -9.49. The molecule has 39 heavy (non-hydrogen) atoms. The lowest BCUT2D eigenvalue weighted by Gasteiger charge is -2.40. The third kappa shape index (κ3) is 5.65. The van der Waals surface area contributed by atoms with Gasteiger partial charge in [0, 0.05) is 0 Å². The molecule has 0 radical (unpaired) electrons. The van der Waals surface area contributed by atoms with E-state index in [2.05, 4.69) is 0 Å².